The highest BCUT2D eigenvalue weighted by atomic mass is 33.1. The molecule has 1 aliphatic rings. The van der Waals surface area contributed by atoms with Crippen LogP contribution in [-0.2, 0) is 9.53 Å². The summed E-state index contributed by atoms with van der Waals surface area (Å²) in [7, 11) is 3.95. The SMILES string of the molecule is CCCCC/C=C\C/C=C\CCCCCCC(O)CN(CCCC(=O)OCCN1CCN(CCSSCCCN(CC(O)CCCCCCCCCCCC)CC(O)CCCCCCCCCCCC)CC1)CC(O)CCCCCC/C=C\C/C=C\CCCCC. The topological polar surface area (TPSA) is 120 Å². The summed E-state index contributed by atoms with van der Waals surface area (Å²) in [6.07, 6.45) is 71.9. The van der Waals surface area contributed by atoms with Crippen molar-refractivity contribution < 1.29 is 30.0 Å². The summed E-state index contributed by atoms with van der Waals surface area (Å²) in [5.41, 5.74) is 0. The summed E-state index contributed by atoms with van der Waals surface area (Å²) in [6, 6.07) is 0. The van der Waals surface area contributed by atoms with Gasteiger partial charge in [-0.2, -0.15) is 0 Å². The number of unbranched alkanes of at least 4 members (excludes halogenated alkanes) is 32. The average Bonchev–Trinajstić information content (AvgIpc) is 3.71. The molecule has 12 heteroatoms. The molecule has 1 saturated heterocycles. The Balaban J connectivity index is 2.45. The zero-order valence-corrected chi connectivity index (χ0v) is 62.1. The van der Waals surface area contributed by atoms with Crippen molar-refractivity contribution in [3.8, 4) is 0 Å². The molecule has 0 bridgehead atoms. The van der Waals surface area contributed by atoms with Gasteiger partial charge in [-0.25, -0.2) is 0 Å². The summed E-state index contributed by atoms with van der Waals surface area (Å²) in [5, 5.41) is 44.6. The van der Waals surface area contributed by atoms with Gasteiger partial charge in [-0.1, -0.05) is 291 Å². The average molecular weight is 1320 g/mol. The first kappa shape index (κ1) is 87.8. The van der Waals surface area contributed by atoms with Crippen molar-refractivity contribution >= 4 is 27.6 Å². The van der Waals surface area contributed by atoms with Gasteiger partial charge in [0.25, 0.3) is 0 Å². The van der Waals surface area contributed by atoms with Crippen molar-refractivity contribution in [2.45, 2.75) is 354 Å². The lowest BCUT2D eigenvalue weighted by atomic mass is 10.0. The highest BCUT2D eigenvalue weighted by Gasteiger charge is 2.20. The minimum absolute atomic E-state index is 0.154. The molecule has 536 valence electrons. The number of piperazine rings is 1. The fourth-order valence-corrected chi connectivity index (χ4v) is 14.6. The van der Waals surface area contributed by atoms with E-state index in [1.165, 1.54) is 193 Å². The number of hydrogen-bond acceptors (Lipinski definition) is 12. The predicted octanol–water partition coefficient (Wildman–Crippen LogP) is 20.2. The van der Waals surface area contributed by atoms with E-state index < -0.39 is 12.2 Å². The van der Waals surface area contributed by atoms with Crippen LogP contribution in [0.2, 0.25) is 0 Å². The Morgan fingerprint density at radius 3 is 1.04 bits per heavy atom. The minimum atomic E-state index is -0.441. The first-order chi connectivity index (χ1) is 44.7. The van der Waals surface area contributed by atoms with Gasteiger partial charge in [0.15, 0.2) is 0 Å². The summed E-state index contributed by atoms with van der Waals surface area (Å²) >= 11 is 0. The molecule has 91 heavy (non-hydrogen) atoms. The number of allylic oxidation sites excluding steroid dienone is 8. The second-order valence-electron chi connectivity index (χ2n) is 27.4. The number of aliphatic hydroxyl groups is 4. The van der Waals surface area contributed by atoms with E-state index in [0.717, 1.165) is 154 Å². The highest BCUT2D eigenvalue weighted by Crippen LogP contribution is 2.23. The van der Waals surface area contributed by atoms with Gasteiger partial charge in [0, 0.05) is 83.4 Å². The van der Waals surface area contributed by atoms with Crippen molar-refractivity contribution in [1.29, 1.82) is 0 Å². The molecule has 0 saturated carbocycles. The Kier molecular flexibility index (Phi) is 67.7. The first-order valence-electron chi connectivity index (χ1n) is 39.3. The van der Waals surface area contributed by atoms with Crippen LogP contribution in [0.25, 0.3) is 0 Å². The molecular formula is C79H152N4O6S2. The van der Waals surface area contributed by atoms with E-state index in [4.69, 9.17) is 4.74 Å². The molecule has 0 aromatic heterocycles. The molecule has 0 amide bonds. The molecule has 4 unspecified atom stereocenters. The van der Waals surface area contributed by atoms with Gasteiger partial charge < -0.3 is 25.2 Å². The van der Waals surface area contributed by atoms with Gasteiger partial charge in [0.1, 0.15) is 6.61 Å². The molecule has 4 atom stereocenters. The van der Waals surface area contributed by atoms with E-state index in [0.29, 0.717) is 52.2 Å². The van der Waals surface area contributed by atoms with Crippen LogP contribution in [0, 0.1) is 0 Å². The molecule has 0 aliphatic carbocycles. The molecule has 0 spiro atoms. The van der Waals surface area contributed by atoms with Gasteiger partial charge in [0.05, 0.1) is 24.4 Å². The Labute approximate surface area is 573 Å². The number of carbonyl (C=O) groups is 1. The Bertz CT molecular complexity index is 1530. The molecule has 1 heterocycles. The fourth-order valence-electron chi connectivity index (χ4n) is 12.5. The first-order valence-corrected chi connectivity index (χ1v) is 41.8. The standard InChI is InChI=1S/C79H152N4O6S2/c1-5-9-13-17-21-25-29-31-33-35-39-43-47-49-55-75(84)71-82(72-76(85)56-50-48-44-40-36-34-32-30-26-22-18-14-10-6-2)60-53-59-79(88)89-68-66-80-62-64-81(65-63-80)67-70-91-90-69-54-61-83(73-77(86)57-51-45-41-37-27-23-19-15-11-7-3)74-78(87)58-52-46-42-38-28-24-20-16-12-8-4/h21-22,25-26,31-34,75-78,84-87H,5-20,23-24,27-30,35-74H2,1-4H3/b25-21-,26-22-,33-31-,34-32-. The molecule has 0 aromatic rings. The van der Waals surface area contributed by atoms with Gasteiger partial charge >= 0.3 is 5.97 Å². The maximum Gasteiger partial charge on any atom is 0.305 e. The van der Waals surface area contributed by atoms with Crippen LogP contribution >= 0.6 is 21.6 Å². The zero-order chi connectivity index (χ0) is 65.8. The molecular weight excluding hydrogens is 1170 g/mol. The third-order valence-corrected chi connectivity index (χ3v) is 20.9. The van der Waals surface area contributed by atoms with Crippen LogP contribution in [0.4, 0.5) is 0 Å². The summed E-state index contributed by atoms with van der Waals surface area (Å²) in [6.45, 7) is 19.4. The van der Waals surface area contributed by atoms with Crippen molar-refractivity contribution in [3.05, 3.63) is 48.6 Å². The van der Waals surface area contributed by atoms with E-state index in [-0.39, 0.29) is 18.2 Å². The molecule has 1 aliphatic heterocycles. The van der Waals surface area contributed by atoms with Crippen LogP contribution in [0.1, 0.15) is 329 Å². The smallest absolute Gasteiger partial charge is 0.305 e. The van der Waals surface area contributed by atoms with Crippen molar-refractivity contribution in [2.24, 2.45) is 0 Å². The van der Waals surface area contributed by atoms with Crippen LogP contribution in [0.5, 0.6) is 0 Å². The quantitative estimate of drug-likeness (QED) is 0.0201. The lowest BCUT2D eigenvalue weighted by Gasteiger charge is -2.34. The van der Waals surface area contributed by atoms with Crippen molar-refractivity contribution in [2.75, 3.05) is 96.6 Å². The molecule has 10 nitrogen and oxygen atoms in total. The molecule has 4 N–H and O–H groups in total. The lowest BCUT2D eigenvalue weighted by Crippen LogP contribution is -2.47. The van der Waals surface area contributed by atoms with E-state index in [1.807, 2.05) is 21.6 Å². The normalized spacial score (nSPS) is 15.1. The van der Waals surface area contributed by atoms with E-state index in [1.54, 1.807) is 0 Å². The third kappa shape index (κ3) is 63.3. The van der Waals surface area contributed by atoms with Crippen LogP contribution in [0.15, 0.2) is 48.6 Å². The summed E-state index contributed by atoms with van der Waals surface area (Å²) in [4.78, 5) is 22.5. The number of hydrogen-bond donors (Lipinski definition) is 4. The maximum absolute atomic E-state index is 13.0. The number of carbonyl (C=O) groups excluding carboxylic acids is 1. The fraction of sp³-hybridized carbons (Fsp3) is 0.886. The van der Waals surface area contributed by atoms with Crippen LogP contribution < -0.4 is 0 Å². The van der Waals surface area contributed by atoms with Crippen molar-refractivity contribution in [3.63, 3.8) is 0 Å². The summed E-state index contributed by atoms with van der Waals surface area (Å²) < 4.78 is 5.77. The lowest BCUT2D eigenvalue weighted by molar-refractivity contribution is -0.144. The maximum atomic E-state index is 13.0. The predicted molar refractivity (Wildman–Crippen MR) is 402 cm³/mol. The number of esters is 1. The number of rotatable bonds is 71. The van der Waals surface area contributed by atoms with Gasteiger partial charge in [0.2, 0.25) is 0 Å². The largest absolute Gasteiger partial charge is 0.464 e. The second-order valence-corrected chi connectivity index (χ2v) is 30.1. The number of aliphatic hydroxyl groups excluding tert-OH is 4. The minimum Gasteiger partial charge on any atom is -0.464 e. The molecule has 1 fully saturated rings. The Morgan fingerprint density at radius 1 is 0.374 bits per heavy atom. The van der Waals surface area contributed by atoms with Crippen LogP contribution in [0.3, 0.4) is 0 Å². The Morgan fingerprint density at radius 2 is 0.670 bits per heavy atom. The number of nitrogens with zero attached hydrogens (tertiary/aromatic N) is 4. The second kappa shape index (κ2) is 70.1. The zero-order valence-electron chi connectivity index (χ0n) is 60.5. The monoisotopic (exact) mass is 1320 g/mol. The van der Waals surface area contributed by atoms with Crippen LogP contribution in [-0.4, -0.2) is 167 Å². The summed E-state index contributed by atoms with van der Waals surface area (Å²) in [5.74, 6) is 2.02. The third-order valence-electron chi connectivity index (χ3n) is 18.4. The molecule has 0 radical (unpaired) electrons. The highest BCUT2D eigenvalue weighted by molar-refractivity contribution is 8.76. The van der Waals surface area contributed by atoms with Gasteiger partial charge in [-0.05, 0) is 116 Å². The van der Waals surface area contributed by atoms with Crippen molar-refractivity contribution in [1.82, 2.24) is 19.6 Å². The van der Waals surface area contributed by atoms with Gasteiger partial charge in [-0.3, -0.25) is 24.4 Å². The molecule has 1 rings (SSSR count). The van der Waals surface area contributed by atoms with E-state index in [9.17, 15) is 25.2 Å². The molecule has 0 aromatic carbocycles. The van der Waals surface area contributed by atoms with Gasteiger partial charge in [-0.15, -0.1) is 0 Å². The van der Waals surface area contributed by atoms with E-state index in [2.05, 4.69) is 95.9 Å². The van der Waals surface area contributed by atoms with E-state index >= 15 is 0 Å². The Hall–Kier alpha value is -1.19. The number of ether oxygens (including phenoxy) is 1.